The summed E-state index contributed by atoms with van der Waals surface area (Å²) in [5.41, 5.74) is 6.68. The van der Waals surface area contributed by atoms with Crippen molar-refractivity contribution >= 4 is 23.0 Å². The van der Waals surface area contributed by atoms with Crippen LogP contribution in [0.5, 0.6) is 5.75 Å². The minimum Gasteiger partial charge on any atom is -0.495 e. The molecule has 2 rings (SSSR count). The molecule has 0 atom stereocenters. The van der Waals surface area contributed by atoms with Crippen LogP contribution in [0.15, 0.2) is 24.5 Å². The van der Waals surface area contributed by atoms with Crippen molar-refractivity contribution < 1.29 is 9.66 Å². The van der Waals surface area contributed by atoms with E-state index in [2.05, 4.69) is 15.3 Å². The minimum absolute atomic E-state index is 0.0198. The van der Waals surface area contributed by atoms with Gasteiger partial charge in [0.15, 0.2) is 0 Å². The van der Waals surface area contributed by atoms with Crippen molar-refractivity contribution in [3.8, 4) is 5.75 Å². The van der Waals surface area contributed by atoms with Crippen LogP contribution < -0.4 is 15.8 Å². The lowest BCUT2D eigenvalue weighted by Crippen LogP contribution is -2.05. The summed E-state index contributed by atoms with van der Waals surface area (Å²) in [5, 5.41) is 13.9. The molecule has 20 heavy (non-hydrogen) atoms. The second kappa shape index (κ2) is 5.39. The molecule has 2 aromatic rings. The number of anilines is 3. The first-order valence-corrected chi connectivity index (χ1v) is 5.69. The van der Waals surface area contributed by atoms with E-state index < -0.39 is 4.92 Å². The van der Waals surface area contributed by atoms with Crippen molar-refractivity contribution in [2.24, 2.45) is 0 Å². The molecule has 0 fully saturated rings. The van der Waals surface area contributed by atoms with Crippen LogP contribution in [0.2, 0.25) is 0 Å². The van der Waals surface area contributed by atoms with Crippen LogP contribution in [0.25, 0.3) is 0 Å². The van der Waals surface area contributed by atoms with Gasteiger partial charge in [-0.1, -0.05) is 6.07 Å². The number of nitro groups is 1. The Morgan fingerprint density at radius 2 is 2.15 bits per heavy atom. The van der Waals surface area contributed by atoms with Gasteiger partial charge in [-0.2, -0.15) is 0 Å². The summed E-state index contributed by atoms with van der Waals surface area (Å²) < 4.78 is 5.20. The Balaban J connectivity index is 2.48. The van der Waals surface area contributed by atoms with Crippen molar-refractivity contribution in [2.45, 2.75) is 6.92 Å². The van der Waals surface area contributed by atoms with Gasteiger partial charge in [-0.05, 0) is 24.6 Å². The highest BCUT2D eigenvalue weighted by Crippen LogP contribution is 2.33. The van der Waals surface area contributed by atoms with Gasteiger partial charge >= 0.3 is 5.69 Å². The van der Waals surface area contributed by atoms with Gasteiger partial charge in [0.05, 0.1) is 17.7 Å². The van der Waals surface area contributed by atoms with Gasteiger partial charge in [0, 0.05) is 0 Å². The Kier molecular flexibility index (Phi) is 3.65. The summed E-state index contributed by atoms with van der Waals surface area (Å²) in [4.78, 5) is 17.9. The van der Waals surface area contributed by atoms with E-state index >= 15 is 0 Å². The number of nitrogen functional groups attached to an aromatic ring is 1. The highest BCUT2D eigenvalue weighted by atomic mass is 16.6. The largest absolute Gasteiger partial charge is 0.495 e. The number of aryl methyl sites for hydroxylation is 1. The normalized spacial score (nSPS) is 10.1. The van der Waals surface area contributed by atoms with Gasteiger partial charge in [-0.3, -0.25) is 10.1 Å². The zero-order valence-electron chi connectivity index (χ0n) is 11.0. The number of hydrogen-bond donors (Lipinski definition) is 2. The van der Waals surface area contributed by atoms with E-state index in [1.165, 1.54) is 7.11 Å². The molecular formula is C12H13N5O3. The van der Waals surface area contributed by atoms with E-state index in [9.17, 15) is 10.1 Å². The van der Waals surface area contributed by atoms with E-state index in [1.807, 2.05) is 13.0 Å². The fraction of sp³-hybridized carbons (Fsp3) is 0.167. The molecular weight excluding hydrogens is 262 g/mol. The molecule has 1 aromatic heterocycles. The molecule has 0 saturated heterocycles. The Hall–Kier alpha value is -2.90. The average Bonchev–Trinajstić information content (AvgIpc) is 2.38. The summed E-state index contributed by atoms with van der Waals surface area (Å²) >= 11 is 0. The third-order valence-electron chi connectivity index (χ3n) is 2.64. The third kappa shape index (κ3) is 2.58. The molecule has 104 valence electrons. The minimum atomic E-state index is -0.625. The van der Waals surface area contributed by atoms with E-state index in [0.29, 0.717) is 11.4 Å². The van der Waals surface area contributed by atoms with Crippen LogP contribution in [0.1, 0.15) is 5.56 Å². The molecule has 8 heteroatoms. The molecule has 0 unspecified atom stereocenters. The maximum atomic E-state index is 11.0. The number of ether oxygens (including phenoxy) is 1. The molecule has 0 aliphatic carbocycles. The van der Waals surface area contributed by atoms with Crippen molar-refractivity contribution in [3.63, 3.8) is 0 Å². The molecule has 0 bridgehead atoms. The van der Waals surface area contributed by atoms with Crippen LogP contribution in [0.3, 0.4) is 0 Å². The molecule has 0 spiro atoms. The zero-order chi connectivity index (χ0) is 14.7. The van der Waals surface area contributed by atoms with Crippen LogP contribution in [0, 0.1) is 17.0 Å². The van der Waals surface area contributed by atoms with Gasteiger partial charge in [-0.15, -0.1) is 0 Å². The zero-order valence-corrected chi connectivity index (χ0v) is 11.0. The van der Waals surface area contributed by atoms with Crippen LogP contribution >= 0.6 is 0 Å². The van der Waals surface area contributed by atoms with E-state index in [4.69, 9.17) is 10.5 Å². The molecule has 0 aliphatic rings. The van der Waals surface area contributed by atoms with E-state index in [-0.39, 0.29) is 17.3 Å². The number of benzene rings is 1. The first kappa shape index (κ1) is 13.5. The number of nitrogens with two attached hydrogens (primary N) is 1. The van der Waals surface area contributed by atoms with E-state index in [0.717, 1.165) is 11.9 Å². The number of methoxy groups -OCH3 is 1. The summed E-state index contributed by atoms with van der Waals surface area (Å²) in [6, 6.07) is 5.42. The molecule has 0 amide bonds. The predicted molar refractivity (Wildman–Crippen MR) is 74.1 cm³/mol. The lowest BCUT2D eigenvalue weighted by atomic mass is 10.2. The molecule has 8 nitrogen and oxygen atoms in total. The SMILES string of the molecule is COc1ccc(C)cc1Nc1ncnc(N)c1[N+](=O)[O-]. The number of nitrogens with zero attached hydrogens (tertiary/aromatic N) is 3. The Morgan fingerprint density at radius 1 is 1.40 bits per heavy atom. The third-order valence-corrected chi connectivity index (χ3v) is 2.64. The average molecular weight is 275 g/mol. The van der Waals surface area contributed by atoms with Gasteiger partial charge in [0.25, 0.3) is 0 Å². The fourth-order valence-corrected chi connectivity index (χ4v) is 1.71. The monoisotopic (exact) mass is 275 g/mol. The summed E-state index contributed by atoms with van der Waals surface area (Å²) in [5.74, 6) is 0.368. The highest BCUT2D eigenvalue weighted by Gasteiger charge is 2.21. The van der Waals surface area contributed by atoms with Gasteiger partial charge < -0.3 is 15.8 Å². The number of aromatic nitrogens is 2. The second-order valence-electron chi connectivity index (χ2n) is 4.04. The molecule has 3 N–H and O–H groups in total. The van der Waals surface area contributed by atoms with Gasteiger partial charge in [-0.25, -0.2) is 9.97 Å². The van der Waals surface area contributed by atoms with Crippen molar-refractivity contribution in [1.29, 1.82) is 0 Å². The summed E-state index contributed by atoms with van der Waals surface area (Å²) in [6.45, 7) is 1.90. The molecule has 0 aliphatic heterocycles. The number of rotatable bonds is 4. The smallest absolute Gasteiger partial charge is 0.353 e. The van der Waals surface area contributed by atoms with Gasteiger partial charge in [0.1, 0.15) is 12.1 Å². The molecule has 0 radical (unpaired) electrons. The van der Waals surface area contributed by atoms with E-state index in [1.54, 1.807) is 12.1 Å². The molecule has 1 heterocycles. The van der Waals surface area contributed by atoms with Gasteiger partial charge in [0.2, 0.25) is 11.6 Å². The molecule has 0 saturated carbocycles. The van der Waals surface area contributed by atoms with Crippen molar-refractivity contribution in [1.82, 2.24) is 9.97 Å². The lowest BCUT2D eigenvalue weighted by molar-refractivity contribution is -0.383. The van der Waals surface area contributed by atoms with Crippen molar-refractivity contribution in [3.05, 3.63) is 40.2 Å². The fourth-order valence-electron chi connectivity index (χ4n) is 1.71. The summed E-state index contributed by atoms with van der Waals surface area (Å²) in [6.07, 6.45) is 1.16. The highest BCUT2D eigenvalue weighted by molar-refractivity contribution is 5.75. The first-order valence-electron chi connectivity index (χ1n) is 5.69. The topological polar surface area (TPSA) is 116 Å². The number of hydrogen-bond acceptors (Lipinski definition) is 7. The summed E-state index contributed by atoms with van der Waals surface area (Å²) in [7, 11) is 1.51. The first-order chi connectivity index (χ1) is 9.52. The number of nitrogens with one attached hydrogen (secondary N) is 1. The Bertz CT molecular complexity index is 660. The maximum Gasteiger partial charge on any atom is 0.353 e. The predicted octanol–water partition coefficient (Wildman–Crippen LogP) is 2.03. The van der Waals surface area contributed by atoms with Crippen molar-refractivity contribution in [2.75, 3.05) is 18.2 Å². The molecule has 1 aromatic carbocycles. The van der Waals surface area contributed by atoms with Crippen LogP contribution in [-0.4, -0.2) is 22.0 Å². The maximum absolute atomic E-state index is 11.0. The quantitative estimate of drug-likeness (QED) is 0.647. The second-order valence-corrected chi connectivity index (χ2v) is 4.04. The van der Waals surface area contributed by atoms with Crippen LogP contribution in [-0.2, 0) is 0 Å². The Morgan fingerprint density at radius 3 is 2.80 bits per heavy atom. The van der Waals surface area contributed by atoms with Crippen LogP contribution in [0.4, 0.5) is 23.0 Å². The standard InChI is InChI=1S/C12H13N5O3/c1-7-3-4-9(20-2)8(5-7)16-12-10(17(18)19)11(13)14-6-15-12/h3-6H,1-2H3,(H3,13,14,15,16). The lowest BCUT2D eigenvalue weighted by Gasteiger charge is -2.11. The Labute approximate surface area is 114 Å².